The Morgan fingerprint density at radius 2 is 2.03 bits per heavy atom. The van der Waals surface area contributed by atoms with Crippen molar-refractivity contribution in [2.45, 2.75) is 25.9 Å². The highest BCUT2D eigenvalue weighted by atomic mass is 32.1. The standard InChI is InChI=1S/C22H30N6O4S/c1-24-19(30)16-5-3-4-15(12-16)13-32-20-17(18(23)29)21(33-27-20)26-22(31)25-9-6-14-7-10-28(2)11-8-14/h3-5,12,14H,6-11,13H2,1-2H3,(H2,23,29)(H,24,30)(H2,25,26,31). The molecule has 0 radical (unpaired) electrons. The summed E-state index contributed by atoms with van der Waals surface area (Å²) in [6.45, 7) is 2.80. The number of ether oxygens (including phenoxy) is 1. The maximum atomic E-state index is 12.3. The fourth-order valence-corrected chi connectivity index (χ4v) is 4.40. The number of rotatable bonds is 9. The minimum absolute atomic E-state index is 0.0212. The summed E-state index contributed by atoms with van der Waals surface area (Å²) < 4.78 is 9.81. The van der Waals surface area contributed by atoms with Gasteiger partial charge in [-0.15, -0.1) is 0 Å². The molecule has 0 bridgehead atoms. The molecule has 10 nitrogen and oxygen atoms in total. The van der Waals surface area contributed by atoms with Gasteiger partial charge in [-0.05, 0) is 74.5 Å². The predicted octanol–water partition coefficient (Wildman–Crippen LogP) is 2.03. The van der Waals surface area contributed by atoms with Gasteiger partial charge < -0.3 is 26.0 Å². The highest BCUT2D eigenvalue weighted by Crippen LogP contribution is 2.30. The van der Waals surface area contributed by atoms with Crippen LogP contribution in [0.2, 0.25) is 0 Å². The summed E-state index contributed by atoms with van der Waals surface area (Å²) in [7, 11) is 3.67. The highest BCUT2D eigenvalue weighted by Gasteiger charge is 2.22. The SMILES string of the molecule is CNC(=O)c1cccc(COc2nsc(NC(=O)NCCC3CCN(C)CC3)c2C(N)=O)c1. The first-order valence-corrected chi connectivity index (χ1v) is 11.6. The smallest absolute Gasteiger partial charge is 0.319 e. The first-order valence-electron chi connectivity index (χ1n) is 10.8. The highest BCUT2D eigenvalue weighted by molar-refractivity contribution is 7.11. The number of likely N-dealkylation sites (tertiary alicyclic amines) is 1. The Hall–Kier alpha value is -3.18. The molecule has 2 heterocycles. The molecule has 1 aliphatic heterocycles. The van der Waals surface area contributed by atoms with Crippen LogP contribution in [0, 0.1) is 5.92 Å². The molecule has 1 aromatic heterocycles. The third-order valence-electron chi connectivity index (χ3n) is 5.60. The number of anilines is 1. The second-order valence-electron chi connectivity index (χ2n) is 8.04. The molecule has 1 aliphatic rings. The molecule has 1 saturated heterocycles. The average Bonchev–Trinajstić information content (AvgIpc) is 3.21. The van der Waals surface area contributed by atoms with Gasteiger partial charge in [0.15, 0.2) is 0 Å². The number of nitrogens with one attached hydrogen (secondary N) is 3. The first kappa shape index (κ1) is 24.5. The number of nitrogens with two attached hydrogens (primary N) is 1. The summed E-state index contributed by atoms with van der Waals surface area (Å²) >= 11 is 0.924. The number of amides is 4. The number of piperidine rings is 1. The number of aromatic nitrogens is 1. The molecule has 0 unspecified atom stereocenters. The van der Waals surface area contributed by atoms with E-state index in [4.69, 9.17) is 10.5 Å². The van der Waals surface area contributed by atoms with E-state index in [9.17, 15) is 14.4 Å². The van der Waals surface area contributed by atoms with Crippen molar-refractivity contribution in [3.05, 3.63) is 41.0 Å². The maximum absolute atomic E-state index is 12.3. The average molecular weight is 475 g/mol. The summed E-state index contributed by atoms with van der Waals surface area (Å²) in [6.07, 6.45) is 3.18. The van der Waals surface area contributed by atoms with Crippen molar-refractivity contribution >= 4 is 34.4 Å². The molecule has 33 heavy (non-hydrogen) atoms. The minimum atomic E-state index is -0.750. The molecular weight excluding hydrogens is 444 g/mol. The van der Waals surface area contributed by atoms with E-state index in [1.165, 1.54) is 0 Å². The molecule has 178 valence electrons. The largest absolute Gasteiger partial charge is 0.472 e. The van der Waals surface area contributed by atoms with Gasteiger partial charge in [-0.1, -0.05) is 12.1 Å². The van der Waals surface area contributed by atoms with Crippen LogP contribution in [0.4, 0.5) is 9.80 Å². The lowest BCUT2D eigenvalue weighted by atomic mass is 9.94. The van der Waals surface area contributed by atoms with E-state index in [-0.39, 0.29) is 29.0 Å². The van der Waals surface area contributed by atoms with Crippen LogP contribution in [0.25, 0.3) is 0 Å². The Balaban J connectivity index is 1.55. The van der Waals surface area contributed by atoms with Crippen LogP contribution in [-0.4, -0.2) is 60.8 Å². The molecule has 1 fully saturated rings. The summed E-state index contributed by atoms with van der Waals surface area (Å²) in [5.41, 5.74) is 6.75. The van der Waals surface area contributed by atoms with Gasteiger partial charge in [0, 0.05) is 19.2 Å². The molecule has 3 rings (SSSR count). The molecule has 0 atom stereocenters. The zero-order valence-corrected chi connectivity index (χ0v) is 19.7. The van der Waals surface area contributed by atoms with Crippen LogP contribution >= 0.6 is 11.5 Å². The number of urea groups is 1. The molecule has 0 saturated carbocycles. The van der Waals surface area contributed by atoms with E-state index < -0.39 is 11.9 Å². The van der Waals surface area contributed by atoms with Gasteiger partial charge in [0.05, 0.1) is 0 Å². The van der Waals surface area contributed by atoms with Crippen LogP contribution in [0.5, 0.6) is 5.88 Å². The quantitative estimate of drug-likeness (QED) is 0.439. The molecule has 1 aromatic carbocycles. The summed E-state index contributed by atoms with van der Waals surface area (Å²) in [4.78, 5) is 38.4. The number of benzene rings is 1. The van der Waals surface area contributed by atoms with Gasteiger partial charge in [0.25, 0.3) is 11.8 Å². The van der Waals surface area contributed by atoms with Gasteiger partial charge in [0.2, 0.25) is 5.88 Å². The number of carbonyl (C=O) groups is 3. The Kier molecular flexibility index (Phi) is 8.61. The molecule has 0 aliphatic carbocycles. The lowest BCUT2D eigenvalue weighted by molar-refractivity contribution is 0.0961. The van der Waals surface area contributed by atoms with E-state index in [2.05, 4.69) is 32.3 Å². The van der Waals surface area contributed by atoms with Gasteiger partial charge in [-0.25, -0.2) is 4.79 Å². The van der Waals surface area contributed by atoms with Crippen LogP contribution in [0.1, 0.15) is 45.5 Å². The topological polar surface area (TPSA) is 139 Å². The van der Waals surface area contributed by atoms with Crippen molar-refractivity contribution in [2.75, 3.05) is 39.0 Å². The number of nitrogens with zero attached hydrogens (tertiary/aromatic N) is 2. The van der Waals surface area contributed by atoms with E-state index in [1.807, 2.05) is 0 Å². The summed E-state index contributed by atoms with van der Waals surface area (Å²) in [6, 6.07) is 6.49. The van der Waals surface area contributed by atoms with Crippen molar-refractivity contribution in [2.24, 2.45) is 11.7 Å². The number of carbonyl (C=O) groups excluding carboxylic acids is 3. The fourth-order valence-electron chi connectivity index (χ4n) is 3.66. The third kappa shape index (κ3) is 6.90. The van der Waals surface area contributed by atoms with E-state index >= 15 is 0 Å². The summed E-state index contributed by atoms with van der Waals surface area (Å²) in [5.74, 6) is -0.316. The Morgan fingerprint density at radius 3 is 2.73 bits per heavy atom. The van der Waals surface area contributed by atoms with Crippen LogP contribution in [-0.2, 0) is 6.61 Å². The molecular formula is C22H30N6O4S. The number of hydrogen-bond acceptors (Lipinski definition) is 7. The van der Waals surface area contributed by atoms with E-state index in [1.54, 1.807) is 31.3 Å². The molecule has 2 aromatic rings. The Labute approximate surface area is 197 Å². The van der Waals surface area contributed by atoms with Gasteiger partial charge in [-0.2, -0.15) is 4.37 Å². The fraction of sp³-hybridized carbons (Fsp3) is 0.455. The second kappa shape index (κ2) is 11.6. The van der Waals surface area contributed by atoms with E-state index in [0.717, 1.165) is 49.4 Å². The monoisotopic (exact) mass is 474 g/mol. The Morgan fingerprint density at radius 1 is 1.27 bits per heavy atom. The first-order chi connectivity index (χ1) is 15.9. The van der Waals surface area contributed by atoms with Crippen molar-refractivity contribution in [3.8, 4) is 5.88 Å². The predicted molar refractivity (Wildman–Crippen MR) is 127 cm³/mol. The van der Waals surface area contributed by atoms with Crippen LogP contribution < -0.4 is 26.4 Å². The molecule has 4 amide bonds. The van der Waals surface area contributed by atoms with Crippen molar-refractivity contribution < 1.29 is 19.1 Å². The third-order valence-corrected chi connectivity index (χ3v) is 6.35. The lowest BCUT2D eigenvalue weighted by Gasteiger charge is -2.28. The van der Waals surface area contributed by atoms with Gasteiger partial charge >= 0.3 is 6.03 Å². The molecule has 5 N–H and O–H groups in total. The van der Waals surface area contributed by atoms with E-state index in [0.29, 0.717) is 18.0 Å². The number of hydrogen-bond donors (Lipinski definition) is 4. The summed E-state index contributed by atoms with van der Waals surface area (Å²) in [5, 5.41) is 8.27. The molecule has 0 spiro atoms. The molecule has 11 heteroatoms. The van der Waals surface area contributed by atoms with Gasteiger partial charge in [-0.3, -0.25) is 14.9 Å². The van der Waals surface area contributed by atoms with Crippen molar-refractivity contribution in [1.29, 1.82) is 0 Å². The van der Waals surface area contributed by atoms with Crippen molar-refractivity contribution in [3.63, 3.8) is 0 Å². The number of primary amides is 1. The van der Waals surface area contributed by atoms with Crippen molar-refractivity contribution in [1.82, 2.24) is 19.9 Å². The van der Waals surface area contributed by atoms with Crippen LogP contribution in [0.3, 0.4) is 0 Å². The maximum Gasteiger partial charge on any atom is 0.319 e. The van der Waals surface area contributed by atoms with Crippen LogP contribution in [0.15, 0.2) is 24.3 Å². The second-order valence-corrected chi connectivity index (χ2v) is 8.81. The Bertz CT molecular complexity index is 987. The zero-order valence-electron chi connectivity index (χ0n) is 18.8. The minimum Gasteiger partial charge on any atom is -0.472 e. The van der Waals surface area contributed by atoms with Gasteiger partial charge in [0.1, 0.15) is 17.2 Å². The lowest BCUT2D eigenvalue weighted by Crippen LogP contribution is -2.34. The normalized spacial score (nSPS) is 14.5. The zero-order chi connectivity index (χ0) is 23.8.